The molecular formula is C18H22N4O2S. The van der Waals surface area contributed by atoms with E-state index in [4.69, 9.17) is 4.74 Å². The third kappa shape index (κ3) is 3.50. The summed E-state index contributed by atoms with van der Waals surface area (Å²) < 4.78 is 7.43. The molecule has 0 amide bonds. The maximum Gasteiger partial charge on any atom is 0.196 e. The lowest BCUT2D eigenvalue weighted by Crippen LogP contribution is -2.41. The van der Waals surface area contributed by atoms with Gasteiger partial charge in [0.15, 0.2) is 10.8 Å². The Bertz CT molecular complexity index is 876. The second-order valence-electron chi connectivity index (χ2n) is 6.40. The second-order valence-corrected chi connectivity index (χ2v) is 7.39. The van der Waals surface area contributed by atoms with E-state index in [9.17, 15) is 5.11 Å². The predicted octanol–water partition coefficient (Wildman–Crippen LogP) is 1.98. The summed E-state index contributed by atoms with van der Waals surface area (Å²) in [5, 5.41) is 21.0. The van der Waals surface area contributed by atoms with E-state index in [0.29, 0.717) is 12.3 Å². The first-order valence-electron chi connectivity index (χ1n) is 8.57. The molecule has 132 valence electrons. The van der Waals surface area contributed by atoms with Crippen LogP contribution in [0.4, 0.5) is 0 Å². The number of pyridine rings is 1. The van der Waals surface area contributed by atoms with Gasteiger partial charge in [-0.3, -0.25) is 9.30 Å². The van der Waals surface area contributed by atoms with Gasteiger partial charge in [0.25, 0.3) is 0 Å². The maximum atomic E-state index is 10.4. The Balaban J connectivity index is 1.52. The Hall–Kier alpha value is -1.67. The largest absolute Gasteiger partial charge is 0.391 e. The average Bonchev–Trinajstić information content (AvgIpc) is 3.04. The molecule has 1 unspecified atom stereocenters. The zero-order valence-corrected chi connectivity index (χ0v) is 15.1. The number of nitrogens with zero attached hydrogens (tertiary/aromatic N) is 4. The first-order chi connectivity index (χ1) is 12.2. The summed E-state index contributed by atoms with van der Waals surface area (Å²) in [7, 11) is 0. The van der Waals surface area contributed by atoms with E-state index in [2.05, 4.69) is 44.6 Å². The number of aliphatic hydroxyl groups excluding tert-OH is 1. The summed E-state index contributed by atoms with van der Waals surface area (Å²) in [5.41, 5.74) is 3.15. The number of aryl methyl sites for hydroxylation is 1. The van der Waals surface area contributed by atoms with E-state index in [1.54, 1.807) is 11.8 Å². The molecule has 6 nitrogen and oxygen atoms in total. The van der Waals surface area contributed by atoms with Crippen LogP contribution in [0, 0.1) is 6.92 Å². The minimum atomic E-state index is -0.396. The van der Waals surface area contributed by atoms with Crippen molar-refractivity contribution in [1.29, 1.82) is 0 Å². The molecule has 3 heterocycles. The second kappa shape index (κ2) is 7.29. The number of morpholine rings is 1. The van der Waals surface area contributed by atoms with Gasteiger partial charge in [-0.2, -0.15) is 0 Å². The Morgan fingerprint density at radius 1 is 1.24 bits per heavy atom. The molecule has 1 atom stereocenters. The molecule has 3 aromatic rings. The summed E-state index contributed by atoms with van der Waals surface area (Å²) >= 11 is 1.56. The van der Waals surface area contributed by atoms with Crippen LogP contribution in [0.5, 0.6) is 0 Å². The fourth-order valence-electron chi connectivity index (χ4n) is 3.27. The molecule has 1 aliphatic rings. The number of para-hydroxylation sites is 1. The lowest BCUT2D eigenvalue weighted by Gasteiger charge is -2.28. The Morgan fingerprint density at radius 3 is 2.88 bits per heavy atom. The van der Waals surface area contributed by atoms with E-state index in [1.165, 1.54) is 10.9 Å². The van der Waals surface area contributed by atoms with Gasteiger partial charge in [0.05, 0.1) is 24.8 Å². The molecule has 0 radical (unpaired) electrons. The monoisotopic (exact) mass is 358 g/mol. The standard InChI is InChI=1S/C18H22N4O2S/c1-13-10-17-19-20-18(22(17)16-5-3-2-4-15(13)16)25-12-14(23)11-21-6-8-24-9-7-21/h2-5,10,14,23H,6-9,11-12H2,1H3. The van der Waals surface area contributed by atoms with Crippen molar-refractivity contribution in [3.05, 3.63) is 35.9 Å². The quantitative estimate of drug-likeness (QED) is 0.704. The number of rotatable bonds is 5. The van der Waals surface area contributed by atoms with Gasteiger partial charge >= 0.3 is 0 Å². The number of aromatic nitrogens is 3. The van der Waals surface area contributed by atoms with E-state index in [1.807, 2.05) is 12.1 Å². The number of fused-ring (bicyclic) bond motifs is 3. The molecule has 1 saturated heterocycles. The molecule has 0 bridgehead atoms. The molecule has 4 rings (SSSR count). The molecule has 0 spiro atoms. The van der Waals surface area contributed by atoms with Gasteiger partial charge in [0, 0.05) is 30.8 Å². The molecule has 0 aliphatic carbocycles. The molecule has 7 heteroatoms. The van der Waals surface area contributed by atoms with Crippen molar-refractivity contribution in [2.45, 2.75) is 18.2 Å². The highest BCUT2D eigenvalue weighted by atomic mass is 32.2. The minimum Gasteiger partial charge on any atom is -0.391 e. The van der Waals surface area contributed by atoms with Crippen LogP contribution in [0.3, 0.4) is 0 Å². The van der Waals surface area contributed by atoms with E-state index >= 15 is 0 Å². The van der Waals surface area contributed by atoms with E-state index < -0.39 is 6.10 Å². The summed E-state index contributed by atoms with van der Waals surface area (Å²) in [4.78, 5) is 2.25. The normalized spacial score (nSPS) is 17.4. The summed E-state index contributed by atoms with van der Waals surface area (Å²) in [5.74, 6) is 0.598. The third-order valence-corrected chi connectivity index (χ3v) is 5.63. The van der Waals surface area contributed by atoms with Crippen molar-refractivity contribution in [1.82, 2.24) is 19.5 Å². The summed E-state index contributed by atoms with van der Waals surface area (Å²) in [6.07, 6.45) is -0.396. The maximum absolute atomic E-state index is 10.4. The lowest BCUT2D eigenvalue weighted by atomic mass is 10.1. The molecule has 0 saturated carbocycles. The highest BCUT2D eigenvalue weighted by Gasteiger charge is 2.17. The van der Waals surface area contributed by atoms with Gasteiger partial charge in [-0.05, 0) is 24.6 Å². The molecular weight excluding hydrogens is 336 g/mol. The SMILES string of the molecule is Cc1cc2nnc(SCC(O)CN3CCOCC3)n2c2ccccc12. The summed E-state index contributed by atoms with van der Waals surface area (Å²) in [6.45, 7) is 6.04. The van der Waals surface area contributed by atoms with Gasteiger partial charge in [0.2, 0.25) is 0 Å². The molecule has 2 aromatic heterocycles. The van der Waals surface area contributed by atoms with Gasteiger partial charge in [-0.25, -0.2) is 0 Å². The van der Waals surface area contributed by atoms with Crippen LogP contribution in [-0.2, 0) is 4.74 Å². The number of thioether (sulfide) groups is 1. The average molecular weight is 358 g/mol. The van der Waals surface area contributed by atoms with E-state index in [-0.39, 0.29) is 0 Å². The highest BCUT2D eigenvalue weighted by Crippen LogP contribution is 2.26. The number of aliphatic hydroxyl groups is 1. The Morgan fingerprint density at radius 2 is 2.04 bits per heavy atom. The number of ether oxygens (including phenoxy) is 1. The van der Waals surface area contributed by atoms with Crippen molar-refractivity contribution >= 4 is 28.3 Å². The minimum absolute atomic E-state index is 0.396. The van der Waals surface area contributed by atoms with Gasteiger partial charge in [0.1, 0.15) is 0 Å². The molecule has 1 aliphatic heterocycles. The Labute approximate surface area is 150 Å². The van der Waals surface area contributed by atoms with Crippen LogP contribution < -0.4 is 0 Å². The van der Waals surface area contributed by atoms with Gasteiger partial charge in [-0.1, -0.05) is 30.0 Å². The number of β-amino-alcohol motifs (C(OH)–C–C–N with tert-alkyl or cyclic N) is 1. The predicted molar refractivity (Wildman–Crippen MR) is 99.2 cm³/mol. The van der Waals surface area contributed by atoms with Gasteiger partial charge < -0.3 is 9.84 Å². The smallest absolute Gasteiger partial charge is 0.196 e. The zero-order chi connectivity index (χ0) is 17.2. The summed E-state index contributed by atoms with van der Waals surface area (Å²) in [6, 6.07) is 10.3. The van der Waals surface area contributed by atoms with Crippen LogP contribution in [-0.4, -0.2) is 69.3 Å². The first-order valence-corrected chi connectivity index (χ1v) is 9.55. The molecule has 25 heavy (non-hydrogen) atoms. The van der Waals surface area contributed by atoms with Crippen molar-refractivity contribution in [2.24, 2.45) is 0 Å². The van der Waals surface area contributed by atoms with E-state index in [0.717, 1.165) is 42.6 Å². The fraction of sp³-hybridized carbons (Fsp3) is 0.444. The van der Waals surface area contributed by atoms with Crippen molar-refractivity contribution < 1.29 is 9.84 Å². The van der Waals surface area contributed by atoms with Crippen molar-refractivity contribution in [3.63, 3.8) is 0 Å². The van der Waals surface area contributed by atoms with Crippen LogP contribution in [0.25, 0.3) is 16.6 Å². The van der Waals surface area contributed by atoms with Gasteiger partial charge in [-0.15, -0.1) is 10.2 Å². The zero-order valence-electron chi connectivity index (χ0n) is 14.3. The van der Waals surface area contributed by atoms with Crippen molar-refractivity contribution in [2.75, 3.05) is 38.6 Å². The van der Waals surface area contributed by atoms with Crippen LogP contribution in [0.1, 0.15) is 5.56 Å². The number of hydrogen-bond acceptors (Lipinski definition) is 6. The number of benzene rings is 1. The molecule has 1 aromatic carbocycles. The Kier molecular flexibility index (Phi) is 4.89. The number of hydrogen-bond donors (Lipinski definition) is 1. The highest BCUT2D eigenvalue weighted by molar-refractivity contribution is 7.99. The fourth-order valence-corrected chi connectivity index (χ4v) is 4.14. The molecule has 1 N–H and O–H groups in total. The molecule has 1 fully saturated rings. The van der Waals surface area contributed by atoms with Crippen LogP contribution >= 0.6 is 11.8 Å². The third-order valence-electron chi connectivity index (χ3n) is 4.55. The van der Waals surface area contributed by atoms with Crippen LogP contribution in [0.15, 0.2) is 35.5 Å². The van der Waals surface area contributed by atoms with Crippen LogP contribution in [0.2, 0.25) is 0 Å². The lowest BCUT2D eigenvalue weighted by molar-refractivity contribution is 0.0188. The van der Waals surface area contributed by atoms with Crippen molar-refractivity contribution in [3.8, 4) is 0 Å². The first kappa shape index (κ1) is 16.8. The topological polar surface area (TPSA) is 62.9 Å².